The van der Waals surface area contributed by atoms with Crippen LogP contribution in [0, 0.1) is 0 Å². The van der Waals surface area contributed by atoms with Crippen LogP contribution in [0.3, 0.4) is 0 Å². The molecule has 8 heteroatoms. The van der Waals surface area contributed by atoms with Crippen LogP contribution < -0.4 is 4.90 Å². The quantitative estimate of drug-likeness (QED) is 0.650. The fourth-order valence-corrected chi connectivity index (χ4v) is 4.66. The molecule has 0 saturated heterocycles. The molecule has 1 atom stereocenters. The van der Waals surface area contributed by atoms with Crippen LogP contribution in [0.5, 0.6) is 0 Å². The van der Waals surface area contributed by atoms with Crippen LogP contribution in [0.2, 0.25) is 5.02 Å². The summed E-state index contributed by atoms with van der Waals surface area (Å²) >= 11 is 7.53. The second kappa shape index (κ2) is 8.62. The van der Waals surface area contributed by atoms with E-state index in [9.17, 15) is 14.4 Å². The van der Waals surface area contributed by atoms with E-state index in [2.05, 4.69) is 4.99 Å². The minimum atomic E-state index is -0.304. The molecule has 30 heavy (non-hydrogen) atoms. The standard InChI is InChI=1S/C22H20ClN3O3S/c1-14-13-30-22(24-14)26(16-10-8-15(23)9-11-16)19(27)7-4-12-25-20(28)17-5-2-3-6-18(17)21(25)29/h2-3,5-6,8-11,14H,4,7,12-13H2,1H3/t14-/m0/s1. The van der Waals surface area contributed by atoms with Gasteiger partial charge in [0.2, 0.25) is 5.91 Å². The van der Waals surface area contributed by atoms with Crippen LogP contribution in [0.4, 0.5) is 5.69 Å². The second-order valence-corrected chi connectivity index (χ2v) is 8.61. The van der Waals surface area contributed by atoms with Crippen molar-refractivity contribution in [2.24, 2.45) is 4.99 Å². The number of hydrogen-bond donors (Lipinski definition) is 0. The van der Waals surface area contributed by atoms with Gasteiger partial charge in [0.15, 0.2) is 5.17 Å². The van der Waals surface area contributed by atoms with Crippen molar-refractivity contribution in [2.75, 3.05) is 17.2 Å². The minimum absolute atomic E-state index is 0.130. The molecule has 2 aliphatic rings. The first kappa shape index (κ1) is 20.6. The molecule has 0 aromatic heterocycles. The highest BCUT2D eigenvalue weighted by Gasteiger charge is 2.35. The zero-order chi connectivity index (χ0) is 21.3. The molecular weight excluding hydrogens is 422 g/mol. The Morgan fingerprint density at radius 2 is 1.77 bits per heavy atom. The largest absolute Gasteiger partial charge is 0.274 e. The molecule has 0 aliphatic carbocycles. The lowest BCUT2D eigenvalue weighted by molar-refractivity contribution is -0.117. The van der Waals surface area contributed by atoms with Gasteiger partial charge in [-0.05, 0) is 49.7 Å². The van der Waals surface area contributed by atoms with Gasteiger partial charge in [0, 0.05) is 23.7 Å². The highest BCUT2D eigenvalue weighted by molar-refractivity contribution is 8.14. The highest BCUT2D eigenvalue weighted by atomic mass is 35.5. The van der Waals surface area contributed by atoms with Crippen LogP contribution in [0.1, 0.15) is 40.5 Å². The number of rotatable bonds is 5. The fraction of sp³-hybridized carbons (Fsp3) is 0.273. The zero-order valence-electron chi connectivity index (χ0n) is 16.4. The number of imide groups is 1. The topological polar surface area (TPSA) is 70.1 Å². The average molecular weight is 442 g/mol. The van der Waals surface area contributed by atoms with Crippen molar-refractivity contribution in [3.8, 4) is 0 Å². The Morgan fingerprint density at radius 3 is 2.33 bits per heavy atom. The first-order valence-electron chi connectivity index (χ1n) is 9.70. The van der Waals surface area contributed by atoms with Gasteiger partial charge in [0.05, 0.1) is 22.9 Å². The number of thioether (sulfide) groups is 1. The monoisotopic (exact) mass is 441 g/mol. The van der Waals surface area contributed by atoms with E-state index in [0.29, 0.717) is 33.4 Å². The Hall–Kier alpha value is -2.64. The molecule has 2 aromatic rings. The lowest BCUT2D eigenvalue weighted by Crippen LogP contribution is -2.36. The predicted octanol–water partition coefficient (Wildman–Crippen LogP) is 4.24. The van der Waals surface area contributed by atoms with Crippen molar-refractivity contribution in [3.05, 3.63) is 64.7 Å². The normalized spacial score (nSPS) is 17.9. The van der Waals surface area contributed by atoms with Crippen LogP contribution in [0.25, 0.3) is 0 Å². The lowest BCUT2D eigenvalue weighted by atomic mass is 10.1. The third-order valence-corrected chi connectivity index (χ3v) is 6.41. The third-order valence-electron chi connectivity index (χ3n) is 4.96. The van der Waals surface area contributed by atoms with Gasteiger partial charge < -0.3 is 0 Å². The molecule has 2 aromatic carbocycles. The van der Waals surface area contributed by atoms with Crippen molar-refractivity contribution < 1.29 is 14.4 Å². The number of hydrogen-bond acceptors (Lipinski definition) is 5. The van der Waals surface area contributed by atoms with Crippen molar-refractivity contribution in [1.82, 2.24) is 4.90 Å². The number of benzene rings is 2. The first-order chi connectivity index (χ1) is 14.5. The van der Waals surface area contributed by atoms with E-state index in [-0.39, 0.29) is 36.7 Å². The fourth-order valence-electron chi connectivity index (χ4n) is 3.47. The van der Waals surface area contributed by atoms with Crippen LogP contribution in [0.15, 0.2) is 53.5 Å². The maximum absolute atomic E-state index is 13.1. The Kier molecular flexibility index (Phi) is 5.92. The molecule has 0 bridgehead atoms. The summed E-state index contributed by atoms with van der Waals surface area (Å²) in [4.78, 5) is 45.5. The number of amidine groups is 1. The third kappa shape index (κ3) is 4.00. The number of carbonyl (C=O) groups is 3. The number of carbonyl (C=O) groups excluding carboxylic acids is 3. The number of aliphatic imine (C=N–C) groups is 1. The molecule has 154 valence electrons. The highest BCUT2D eigenvalue weighted by Crippen LogP contribution is 2.28. The van der Waals surface area contributed by atoms with Crippen molar-refractivity contribution in [2.45, 2.75) is 25.8 Å². The van der Waals surface area contributed by atoms with E-state index in [1.165, 1.54) is 4.90 Å². The van der Waals surface area contributed by atoms with Crippen LogP contribution >= 0.6 is 23.4 Å². The number of amides is 3. The number of anilines is 1. The molecule has 6 nitrogen and oxygen atoms in total. The summed E-state index contributed by atoms with van der Waals surface area (Å²) in [5.41, 5.74) is 1.54. The van der Waals surface area contributed by atoms with Crippen LogP contribution in [-0.4, -0.2) is 46.1 Å². The van der Waals surface area contributed by atoms with E-state index in [1.807, 2.05) is 6.92 Å². The van der Waals surface area contributed by atoms with Gasteiger partial charge in [0.1, 0.15) is 0 Å². The second-order valence-electron chi connectivity index (χ2n) is 7.19. The molecule has 0 unspecified atom stereocenters. The summed E-state index contributed by atoms with van der Waals surface area (Å²) in [6.45, 7) is 2.20. The Bertz CT molecular complexity index is 1000. The van der Waals surface area contributed by atoms with Crippen molar-refractivity contribution in [3.63, 3.8) is 0 Å². The van der Waals surface area contributed by atoms with E-state index in [0.717, 1.165) is 5.75 Å². The van der Waals surface area contributed by atoms with E-state index in [4.69, 9.17) is 11.6 Å². The van der Waals surface area contributed by atoms with Gasteiger partial charge in [-0.3, -0.25) is 29.2 Å². The SMILES string of the molecule is C[C@H]1CSC(N(C(=O)CCCN2C(=O)c3ccccc3C2=O)c2ccc(Cl)cc2)=N1. The van der Waals surface area contributed by atoms with Gasteiger partial charge in [-0.25, -0.2) is 0 Å². The van der Waals surface area contributed by atoms with Gasteiger partial charge in [-0.15, -0.1) is 0 Å². The molecular formula is C22H20ClN3O3S. The summed E-state index contributed by atoms with van der Waals surface area (Å²) < 4.78 is 0. The molecule has 3 amide bonds. The molecule has 0 radical (unpaired) electrons. The van der Waals surface area contributed by atoms with Crippen molar-refractivity contribution in [1.29, 1.82) is 0 Å². The first-order valence-corrected chi connectivity index (χ1v) is 11.1. The Morgan fingerprint density at radius 1 is 1.13 bits per heavy atom. The zero-order valence-corrected chi connectivity index (χ0v) is 17.9. The maximum atomic E-state index is 13.1. The summed E-state index contributed by atoms with van der Waals surface area (Å²) in [5, 5.41) is 1.25. The molecule has 2 aliphatic heterocycles. The summed E-state index contributed by atoms with van der Waals surface area (Å²) in [5.74, 6) is 0.0838. The molecule has 0 saturated carbocycles. The molecule has 0 spiro atoms. The van der Waals surface area contributed by atoms with Gasteiger partial charge in [-0.2, -0.15) is 0 Å². The number of halogens is 1. The van der Waals surface area contributed by atoms with E-state index >= 15 is 0 Å². The average Bonchev–Trinajstić information content (AvgIpc) is 3.26. The molecule has 2 heterocycles. The Balaban J connectivity index is 1.45. The number of nitrogens with zero attached hydrogens (tertiary/aromatic N) is 3. The minimum Gasteiger partial charge on any atom is -0.274 e. The van der Waals surface area contributed by atoms with Crippen LogP contribution in [-0.2, 0) is 4.79 Å². The lowest BCUT2D eigenvalue weighted by Gasteiger charge is -2.22. The smallest absolute Gasteiger partial charge is 0.261 e. The molecule has 0 N–H and O–H groups in total. The van der Waals surface area contributed by atoms with Gasteiger partial charge >= 0.3 is 0 Å². The molecule has 0 fully saturated rings. The maximum Gasteiger partial charge on any atom is 0.261 e. The summed E-state index contributed by atoms with van der Waals surface area (Å²) in [6, 6.07) is 14.0. The van der Waals surface area contributed by atoms with Crippen molar-refractivity contribution >= 4 is 51.9 Å². The summed E-state index contributed by atoms with van der Waals surface area (Å²) in [6.07, 6.45) is 0.561. The predicted molar refractivity (Wildman–Crippen MR) is 119 cm³/mol. The van der Waals surface area contributed by atoms with E-state index in [1.54, 1.807) is 65.2 Å². The molecule has 4 rings (SSSR count). The Labute approximate surface area is 183 Å². The van der Waals surface area contributed by atoms with Gasteiger partial charge in [0.25, 0.3) is 11.8 Å². The summed E-state index contributed by atoms with van der Waals surface area (Å²) in [7, 11) is 0. The number of fused-ring (bicyclic) bond motifs is 1. The van der Waals surface area contributed by atoms with Gasteiger partial charge in [-0.1, -0.05) is 35.5 Å². The van der Waals surface area contributed by atoms with E-state index < -0.39 is 0 Å².